The highest BCUT2D eigenvalue weighted by molar-refractivity contribution is 8.14. The van der Waals surface area contributed by atoms with Gasteiger partial charge in [-0.1, -0.05) is 35.5 Å². The van der Waals surface area contributed by atoms with Crippen molar-refractivity contribution in [3.63, 3.8) is 0 Å². The van der Waals surface area contributed by atoms with Gasteiger partial charge in [-0.25, -0.2) is 10.4 Å². The molecule has 1 amide bonds. The van der Waals surface area contributed by atoms with Crippen molar-refractivity contribution < 1.29 is 4.79 Å². The van der Waals surface area contributed by atoms with Crippen molar-refractivity contribution in [3.8, 4) is 0 Å². The summed E-state index contributed by atoms with van der Waals surface area (Å²) in [4.78, 5) is 15.0. The van der Waals surface area contributed by atoms with Crippen LogP contribution in [0.1, 0.15) is 5.56 Å². The number of carbonyl (C=O) groups is 1. The van der Waals surface area contributed by atoms with Crippen molar-refractivity contribution in [1.29, 1.82) is 0 Å². The molecule has 0 bridgehead atoms. The van der Waals surface area contributed by atoms with Crippen molar-refractivity contribution in [2.75, 3.05) is 5.75 Å². The van der Waals surface area contributed by atoms with Crippen LogP contribution in [-0.2, 0) is 4.79 Å². The smallest absolute Gasteiger partial charge is 0.250 e. The van der Waals surface area contributed by atoms with E-state index in [2.05, 4.69) is 15.5 Å². The van der Waals surface area contributed by atoms with E-state index in [0.717, 1.165) is 5.56 Å². The van der Waals surface area contributed by atoms with Crippen LogP contribution in [-0.4, -0.2) is 23.0 Å². The van der Waals surface area contributed by atoms with Gasteiger partial charge in [0.05, 0.1) is 5.75 Å². The third-order valence-corrected chi connectivity index (χ3v) is 2.92. The fourth-order valence-electron chi connectivity index (χ4n) is 1.05. The van der Waals surface area contributed by atoms with E-state index in [1.807, 2.05) is 12.1 Å². The van der Waals surface area contributed by atoms with E-state index in [9.17, 15) is 4.79 Å². The molecule has 6 heteroatoms. The number of nitrogens with one attached hydrogen (secondary N) is 1. The first-order chi connectivity index (χ1) is 7.74. The molecule has 0 atom stereocenters. The molecule has 0 saturated heterocycles. The zero-order valence-corrected chi connectivity index (χ0v) is 9.76. The van der Waals surface area contributed by atoms with Crippen molar-refractivity contribution in [1.82, 2.24) is 5.43 Å². The lowest BCUT2D eigenvalue weighted by Gasteiger charge is -2.06. The number of hydrogen-bond donors (Lipinski definition) is 1. The van der Waals surface area contributed by atoms with Gasteiger partial charge >= 0.3 is 0 Å². The Balaban J connectivity index is 2.04. The van der Waals surface area contributed by atoms with Gasteiger partial charge in [0.25, 0.3) is 5.91 Å². The second-order valence-corrected chi connectivity index (χ2v) is 4.41. The minimum atomic E-state index is -0.101. The Morgan fingerprint density at radius 2 is 2.19 bits per heavy atom. The van der Waals surface area contributed by atoms with Crippen LogP contribution in [0.5, 0.6) is 0 Å². The number of rotatable bonds is 1. The third kappa shape index (κ3) is 3.08. The highest BCUT2D eigenvalue weighted by Crippen LogP contribution is 2.10. The number of amidine groups is 1. The number of aliphatic imine (C=N–C) groups is 1. The van der Waals surface area contributed by atoms with Crippen LogP contribution in [0.25, 0.3) is 0 Å². The van der Waals surface area contributed by atoms with Crippen molar-refractivity contribution in [2.45, 2.75) is 0 Å². The molecule has 0 radical (unpaired) electrons. The highest BCUT2D eigenvalue weighted by atomic mass is 35.5. The van der Waals surface area contributed by atoms with Gasteiger partial charge in [0, 0.05) is 11.2 Å². The van der Waals surface area contributed by atoms with Crippen LogP contribution in [0.4, 0.5) is 0 Å². The molecule has 0 aromatic heterocycles. The molecule has 0 unspecified atom stereocenters. The summed E-state index contributed by atoms with van der Waals surface area (Å²) < 4.78 is 0. The van der Waals surface area contributed by atoms with E-state index in [-0.39, 0.29) is 5.91 Å². The van der Waals surface area contributed by atoms with Crippen LogP contribution in [0.2, 0.25) is 5.02 Å². The summed E-state index contributed by atoms with van der Waals surface area (Å²) in [6.45, 7) is 0. The van der Waals surface area contributed by atoms with Crippen LogP contribution < -0.4 is 5.43 Å². The Labute approximate surface area is 102 Å². The molecule has 2 rings (SSSR count). The summed E-state index contributed by atoms with van der Waals surface area (Å²) in [5.41, 5.74) is 3.31. The topological polar surface area (TPSA) is 53.8 Å². The second kappa shape index (κ2) is 5.14. The lowest BCUT2D eigenvalue weighted by atomic mass is 10.2. The van der Waals surface area contributed by atoms with Crippen LogP contribution in [0.15, 0.2) is 34.4 Å². The van der Waals surface area contributed by atoms with Crippen molar-refractivity contribution >= 4 is 40.7 Å². The maximum atomic E-state index is 10.8. The summed E-state index contributed by atoms with van der Waals surface area (Å²) >= 11 is 7.06. The van der Waals surface area contributed by atoms with Gasteiger partial charge in [-0.15, -0.1) is 5.10 Å². The first-order valence-electron chi connectivity index (χ1n) is 4.53. The molecular formula is C10H8ClN3OS. The highest BCUT2D eigenvalue weighted by Gasteiger charge is 2.10. The molecule has 1 heterocycles. The zero-order chi connectivity index (χ0) is 11.4. The van der Waals surface area contributed by atoms with Gasteiger partial charge in [-0.05, 0) is 17.7 Å². The summed E-state index contributed by atoms with van der Waals surface area (Å²) in [5, 5.41) is 5.04. The fraction of sp³-hybridized carbons (Fsp3) is 0.100. The molecule has 1 aliphatic rings. The molecule has 1 aliphatic heterocycles. The summed E-state index contributed by atoms with van der Waals surface area (Å²) in [5.74, 6) is 0.256. The van der Waals surface area contributed by atoms with Crippen molar-refractivity contribution in [2.24, 2.45) is 10.1 Å². The number of amides is 1. The largest absolute Gasteiger partial charge is 0.272 e. The maximum Gasteiger partial charge on any atom is 0.250 e. The van der Waals surface area contributed by atoms with E-state index in [4.69, 9.17) is 11.6 Å². The molecule has 0 aliphatic carbocycles. The van der Waals surface area contributed by atoms with Crippen LogP contribution in [0, 0.1) is 0 Å². The van der Waals surface area contributed by atoms with Crippen LogP contribution >= 0.6 is 23.4 Å². The zero-order valence-electron chi connectivity index (χ0n) is 8.18. The monoisotopic (exact) mass is 253 g/mol. The summed E-state index contributed by atoms with van der Waals surface area (Å²) in [6.07, 6.45) is 1.68. The van der Waals surface area contributed by atoms with Gasteiger partial charge in [-0.2, -0.15) is 0 Å². The molecule has 1 N–H and O–H groups in total. The van der Waals surface area contributed by atoms with E-state index in [0.29, 0.717) is 15.9 Å². The summed E-state index contributed by atoms with van der Waals surface area (Å²) in [6, 6.07) is 7.30. The lowest BCUT2D eigenvalue weighted by molar-refractivity contribution is -0.118. The molecule has 1 aromatic rings. The minimum absolute atomic E-state index is 0.101. The maximum absolute atomic E-state index is 10.8. The Morgan fingerprint density at radius 3 is 2.81 bits per heavy atom. The predicted octanol–water partition coefficient (Wildman–Crippen LogP) is 1.89. The van der Waals surface area contributed by atoms with E-state index >= 15 is 0 Å². The van der Waals surface area contributed by atoms with Gasteiger partial charge in [0.2, 0.25) is 5.17 Å². The number of carbonyl (C=O) groups excluding carboxylic acids is 1. The quantitative estimate of drug-likeness (QED) is 0.777. The van der Waals surface area contributed by atoms with Gasteiger partial charge in [0.1, 0.15) is 0 Å². The first kappa shape index (κ1) is 11.2. The molecule has 0 saturated carbocycles. The Morgan fingerprint density at radius 1 is 1.44 bits per heavy atom. The van der Waals surface area contributed by atoms with Gasteiger partial charge in [-0.3, -0.25) is 4.79 Å². The van der Waals surface area contributed by atoms with Crippen molar-refractivity contribution in [3.05, 3.63) is 34.9 Å². The third-order valence-electron chi connectivity index (χ3n) is 1.80. The fourth-order valence-corrected chi connectivity index (χ4v) is 1.74. The number of thioether (sulfide) groups is 1. The molecule has 4 nitrogen and oxygen atoms in total. The molecule has 0 spiro atoms. The molecule has 0 fully saturated rings. The average Bonchev–Trinajstić information content (AvgIpc) is 2.30. The van der Waals surface area contributed by atoms with Gasteiger partial charge < -0.3 is 0 Å². The standard InChI is InChI=1S/C10H8ClN3OS/c11-8-3-1-7(2-4-8)5-12-10-14-13-9(15)6-16-10/h1-5H,6H2,(H,13,15). The minimum Gasteiger partial charge on any atom is -0.272 e. The second-order valence-electron chi connectivity index (χ2n) is 3.03. The number of nitrogens with zero attached hydrogens (tertiary/aromatic N) is 2. The predicted molar refractivity (Wildman–Crippen MR) is 67.1 cm³/mol. The van der Waals surface area contributed by atoms with E-state index < -0.39 is 0 Å². The van der Waals surface area contributed by atoms with E-state index in [1.165, 1.54) is 11.8 Å². The Hall–Kier alpha value is -1.33. The summed E-state index contributed by atoms with van der Waals surface area (Å²) in [7, 11) is 0. The number of benzene rings is 1. The molecule has 82 valence electrons. The van der Waals surface area contributed by atoms with Gasteiger partial charge in [0.15, 0.2) is 0 Å². The first-order valence-corrected chi connectivity index (χ1v) is 5.89. The number of hydrazone groups is 1. The van der Waals surface area contributed by atoms with E-state index in [1.54, 1.807) is 18.3 Å². The molecule has 1 aromatic carbocycles. The number of hydrogen-bond acceptors (Lipinski definition) is 4. The Kier molecular flexibility index (Phi) is 3.58. The Bertz CT molecular complexity index is 456. The number of halogens is 1. The van der Waals surface area contributed by atoms with Crippen LogP contribution in [0.3, 0.4) is 0 Å². The lowest BCUT2D eigenvalue weighted by Crippen LogP contribution is -2.25. The molecule has 16 heavy (non-hydrogen) atoms. The molecular weight excluding hydrogens is 246 g/mol. The SMILES string of the molecule is O=C1CSC(N=Cc2ccc(Cl)cc2)=NN1. The average molecular weight is 254 g/mol. The normalized spacial score (nSPS) is 16.1.